The summed E-state index contributed by atoms with van der Waals surface area (Å²) in [5, 5.41) is 2.92. The number of rotatable bonds is 3. The van der Waals surface area contributed by atoms with E-state index in [4.69, 9.17) is 5.73 Å². The van der Waals surface area contributed by atoms with Crippen LogP contribution < -0.4 is 11.1 Å². The van der Waals surface area contributed by atoms with Gasteiger partial charge in [-0.25, -0.2) is 0 Å². The molecule has 2 rings (SSSR count). The maximum atomic E-state index is 12.0. The summed E-state index contributed by atoms with van der Waals surface area (Å²) >= 11 is 0. The van der Waals surface area contributed by atoms with Crippen molar-refractivity contribution in [2.24, 2.45) is 11.7 Å². The number of amides is 1. The van der Waals surface area contributed by atoms with Crippen LogP contribution in [0.3, 0.4) is 0 Å². The number of anilines is 1. The molecule has 6 heteroatoms. The summed E-state index contributed by atoms with van der Waals surface area (Å²) in [6, 6.07) is 3.88. The molecule has 0 aromatic carbocycles. The number of carbonyl (C=O) groups excluding carboxylic acids is 1. The summed E-state index contributed by atoms with van der Waals surface area (Å²) in [5.74, 6) is 0.379. The first kappa shape index (κ1) is 19.2. The lowest BCUT2D eigenvalue weighted by atomic mass is 9.83. The number of halogens is 2. The molecule has 3 N–H and O–H groups in total. The average molecular weight is 320 g/mol. The van der Waals surface area contributed by atoms with Crippen LogP contribution in [-0.4, -0.2) is 16.9 Å². The zero-order chi connectivity index (χ0) is 13.0. The minimum Gasteiger partial charge on any atom is -0.327 e. The van der Waals surface area contributed by atoms with Crippen LogP contribution in [0.15, 0.2) is 18.3 Å². The molecule has 0 bridgehead atoms. The minimum atomic E-state index is 0. The third kappa shape index (κ3) is 5.27. The van der Waals surface area contributed by atoms with Gasteiger partial charge in [0.25, 0.3) is 0 Å². The standard InChI is InChI=1S/C14H21N3O.2ClH/c1-10-13(7-4-8-16-10)17-14(18)9-11-5-2-3-6-12(11)15;;/h4,7-8,11-12H,2-3,5-6,9,15H2,1H3,(H,17,18);2*1H. The van der Waals surface area contributed by atoms with Gasteiger partial charge in [-0.2, -0.15) is 0 Å². The number of hydrogen-bond donors (Lipinski definition) is 2. The fourth-order valence-electron chi connectivity index (χ4n) is 2.55. The second-order valence-corrected chi connectivity index (χ2v) is 5.10. The predicted molar refractivity (Wildman–Crippen MR) is 86.7 cm³/mol. The quantitative estimate of drug-likeness (QED) is 0.899. The van der Waals surface area contributed by atoms with Crippen molar-refractivity contribution in [3.05, 3.63) is 24.0 Å². The van der Waals surface area contributed by atoms with E-state index in [1.807, 2.05) is 19.1 Å². The first-order valence-corrected chi connectivity index (χ1v) is 6.64. The van der Waals surface area contributed by atoms with Crippen molar-refractivity contribution in [3.63, 3.8) is 0 Å². The van der Waals surface area contributed by atoms with Crippen LogP contribution in [0, 0.1) is 12.8 Å². The highest BCUT2D eigenvalue weighted by atomic mass is 35.5. The molecule has 1 heterocycles. The molecule has 114 valence electrons. The van der Waals surface area contributed by atoms with E-state index < -0.39 is 0 Å². The van der Waals surface area contributed by atoms with Crippen LogP contribution in [0.25, 0.3) is 0 Å². The van der Waals surface area contributed by atoms with E-state index in [1.165, 1.54) is 12.8 Å². The molecule has 1 aliphatic rings. The third-order valence-electron chi connectivity index (χ3n) is 3.70. The Hall–Kier alpha value is -0.840. The zero-order valence-electron chi connectivity index (χ0n) is 11.7. The van der Waals surface area contributed by atoms with Crippen molar-refractivity contribution >= 4 is 36.4 Å². The SMILES string of the molecule is Cc1ncccc1NC(=O)CC1CCCCC1N.Cl.Cl. The van der Waals surface area contributed by atoms with Gasteiger partial charge in [0, 0.05) is 18.7 Å². The van der Waals surface area contributed by atoms with Crippen molar-refractivity contribution in [2.75, 3.05) is 5.32 Å². The highest BCUT2D eigenvalue weighted by Crippen LogP contribution is 2.26. The molecule has 1 aromatic rings. The maximum Gasteiger partial charge on any atom is 0.224 e. The fraction of sp³-hybridized carbons (Fsp3) is 0.571. The first-order valence-electron chi connectivity index (χ1n) is 6.64. The lowest BCUT2D eigenvalue weighted by Crippen LogP contribution is -2.35. The van der Waals surface area contributed by atoms with E-state index in [0.717, 1.165) is 24.2 Å². The van der Waals surface area contributed by atoms with Crippen LogP contribution in [0.4, 0.5) is 5.69 Å². The van der Waals surface area contributed by atoms with E-state index in [1.54, 1.807) is 6.20 Å². The molecular weight excluding hydrogens is 297 g/mol. The van der Waals surface area contributed by atoms with Gasteiger partial charge in [0.15, 0.2) is 0 Å². The van der Waals surface area contributed by atoms with Gasteiger partial charge in [0.1, 0.15) is 0 Å². The molecule has 2 unspecified atom stereocenters. The topological polar surface area (TPSA) is 68.0 Å². The van der Waals surface area contributed by atoms with Gasteiger partial charge >= 0.3 is 0 Å². The number of carbonyl (C=O) groups is 1. The lowest BCUT2D eigenvalue weighted by Gasteiger charge is -2.28. The van der Waals surface area contributed by atoms with E-state index in [0.29, 0.717) is 12.3 Å². The highest BCUT2D eigenvalue weighted by Gasteiger charge is 2.24. The molecular formula is C14H23Cl2N3O. The summed E-state index contributed by atoms with van der Waals surface area (Å²) < 4.78 is 0. The second kappa shape index (κ2) is 9.16. The van der Waals surface area contributed by atoms with Crippen molar-refractivity contribution < 1.29 is 4.79 Å². The highest BCUT2D eigenvalue weighted by molar-refractivity contribution is 5.91. The maximum absolute atomic E-state index is 12.0. The Labute approximate surface area is 132 Å². The summed E-state index contributed by atoms with van der Waals surface area (Å²) in [4.78, 5) is 16.1. The monoisotopic (exact) mass is 319 g/mol. The smallest absolute Gasteiger partial charge is 0.224 e. The molecule has 1 aliphatic carbocycles. The Morgan fingerprint density at radius 1 is 1.40 bits per heavy atom. The van der Waals surface area contributed by atoms with Crippen LogP contribution in [-0.2, 0) is 4.79 Å². The number of nitrogens with two attached hydrogens (primary N) is 1. The van der Waals surface area contributed by atoms with Crippen LogP contribution in [0.2, 0.25) is 0 Å². The van der Waals surface area contributed by atoms with Gasteiger partial charge in [-0.15, -0.1) is 24.8 Å². The Kier molecular flexibility index (Phi) is 8.78. The predicted octanol–water partition coefficient (Wildman–Crippen LogP) is 3.08. The molecule has 1 fully saturated rings. The molecule has 1 saturated carbocycles. The Bertz CT molecular complexity index is 429. The average Bonchev–Trinajstić information content (AvgIpc) is 2.35. The van der Waals surface area contributed by atoms with Crippen molar-refractivity contribution in [2.45, 2.75) is 45.1 Å². The Balaban J connectivity index is 0.00000180. The van der Waals surface area contributed by atoms with Gasteiger partial charge in [-0.05, 0) is 37.8 Å². The van der Waals surface area contributed by atoms with Crippen LogP contribution in [0.1, 0.15) is 37.8 Å². The number of nitrogens with one attached hydrogen (secondary N) is 1. The fourth-order valence-corrected chi connectivity index (χ4v) is 2.55. The van der Waals surface area contributed by atoms with E-state index in [2.05, 4.69) is 10.3 Å². The summed E-state index contributed by atoms with van der Waals surface area (Å²) in [5.41, 5.74) is 7.70. The van der Waals surface area contributed by atoms with Crippen molar-refractivity contribution in [1.82, 2.24) is 4.98 Å². The molecule has 2 atom stereocenters. The van der Waals surface area contributed by atoms with Crippen molar-refractivity contribution in [3.8, 4) is 0 Å². The zero-order valence-corrected chi connectivity index (χ0v) is 13.3. The van der Waals surface area contributed by atoms with Gasteiger partial charge in [0.05, 0.1) is 11.4 Å². The van der Waals surface area contributed by atoms with E-state index in [9.17, 15) is 4.79 Å². The van der Waals surface area contributed by atoms with Crippen LogP contribution in [0.5, 0.6) is 0 Å². The number of aryl methyl sites for hydroxylation is 1. The summed E-state index contributed by atoms with van der Waals surface area (Å²) in [6.45, 7) is 1.89. The number of hydrogen-bond acceptors (Lipinski definition) is 3. The van der Waals surface area contributed by atoms with Crippen molar-refractivity contribution in [1.29, 1.82) is 0 Å². The Morgan fingerprint density at radius 2 is 2.10 bits per heavy atom. The largest absolute Gasteiger partial charge is 0.327 e. The summed E-state index contributed by atoms with van der Waals surface area (Å²) in [7, 11) is 0. The van der Waals surface area contributed by atoms with E-state index >= 15 is 0 Å². The molecule has 0 spiro atoms. The van der Waals surface area contributed by atoms with Crippen LogP contribution >= 0.6 is 24.8 Å². The third-order valence-corrected chi connectivity index (χ3v) is 3.70. The number of aromatic nitrogens is 1. The number of nitrogens with zero attached hydrogens (tertiary/aromatic N) is 1. The molecule has 20 heavy (non-hydrogen) atoms. The van der Waals surface area contributed by atoms with Gasteiger partial charge < -0.3 is 11.1 Å². The first-order chi connectivity index (χ1) is 8.66. The van der Waals surface area contributed by atoms with Gasteiger partial charge in [0.2, 0.25) is 5.91 Å². The van der Waals surface area contributed by atoms with Gasteiger partial charge in [-0.3, -0.25) is 9.78 Å². The second-order valence-electron chi connectivity index (χ2n) is 5.10. The number of pyridine rings is 1. The molecule has 0 radical (unpaired) electrons. The molecule has 1 amide bonds. The molecule has 0 saturated heterocycles. The molecule has 0 aliphatic heterocycles. The van der Waals surface area contributed by atoms with E-state index in [-0.39, 0.29) is 36.8 Å². The lowest BCUT2D eigenvalue weighted by molar-refractivity contribution is -0.117. The minimum absolute atomic E-state index is 0. The van der Waals surface area contributed by atoms with Gasteiger partial charge in [-0.1, -0.05) is 12.8 Å². The molecule has 4 nitrogen and oxygen atoms in total. The molecule has 1 aromatic heterocycles. The summed E-state index contributed by atoms with van der Waals surface area (Å²) in [6.07, 6.45) is 6.75. The normalized spacial score (nSPS) is 21.3. The Morgan fingerprint density at radius 3 is 2.75 bits per heavy atom.